The molecule has 98 valence electrons. The van der Waals surface area contributed by atoms with E-state index in [1.807, 2.05) is 6.07 Å². The normalized spacial score (nSPS) is 19.6. The largest absolute Gasteiger partial charge is 0.491 e. The summed E-state index contributed by atoms with van der Waals surface area (Å²) in [6, 6.07) is 5.35. The second-order valence-electron chi connectivity index (χ2n) is 4.48. The molecule has 1 aromatic rings. The molecule has 3 N–H and O–H groups in total. The van der Waals surface area contributed by atoms with E-state index in [1.165, 1.54) is 6.92 Å². The maximum absolute atomic E-state index is 11.0. The molecular formula is C13H17NO4. The molecule has 0 aliphatic carbocycles. The third-order valence-corrected chi connectivity index (χ3v) is 2.96. The van der Waals surface area contributed by atoms with Crippen LogP contribution in [0.1, 0.15) is 24.2 Å². The molecule has 2 rings (SSSR count). The van der Waals surface area contributed by atoms with E-state index in [0.717, 1.165) is 5.56 Å². The van der Waals surface area contributed by atoms with Crippen LogP contribution < -0.4 is 10.1 Å². The second-order valence-corrected chi connectivity index (χ2v) is 4.48. The molecule has 5 heteroatoms. The van der Waals surface area contributed by atoms with Crippen LogP contribution in [0.2, 0.25) is 0 Å². The minimum Gasteiger partial charge on any atom is -0.491 e. The van der Waals surface area contributed by atoms with Crippen molar-refractivity contribution in [3.8, 4) is 5.75 Å². The first-order chi connectivity index (χ1) is 8.60. The summed E-state index contributed by atoms with van der Waals surface area (Å²) in [6.45, 7) is 1.59. The van der Waals surface area contributed by atoms with Gasteiger partial charge >= 0.3 is 0 Å². The molecule has 0 radical (unpaired) electrons. The van der Waals surface area contributed by atoms with Gasteiger partial charge in [-0.1, -0.05) is 12.1 Å². The molecule has 0 saturated heterocycles. The average molecular weight is 251 g/mol. The summed E-state index contributed by atoms with van der Waals surface area (Å²) in [7, 11) is 0. The average Bonchev–Trinajstić information content (AvgIpc) is 2.36. The SMILES string of the molecule is CC(=O)NC1COc2cc(C(O)CO)ccc2C1. The highest BCUT2D eigenvalue weighted by Gasteiger charge is 2.21. The smallest absolute Gasteiger partial charge is 0.217 e. The van der Waals surface area contributed by atoms with E-state index < -0.39 is 6.10 Å². The van der Waals surface area contributed by atoms with Crippen molar-refractivity contribution in [1.29, 1.82) is 0 Å². The highest BCUT2D eigenvalue weighted by Crippen LogP contribution is 2.28. The lowest BCUT2D eigenvalue weighted by Crippen LogP contribution is -2.41. The van der Waals surface area contributed by atoms with Crippen LogP contribution in [-0.4, -0.2) is 35.4 Å². The van der Waals surface area contributed by atoms with Crippen molar-refractivity contribution in [3.05, 3.63) is 29.3 Å². The fraction of sp³-hybridized carbons (Fsp3) is 0.462. The number of carbonyl (C=O) groups is 1. The van der Waals surface area contributed by atoms with E-state index in [4.69, 9.17) is 9.84 Å². The summed E-state index contributed by atoms with van der Waals surface area (Å²) in [5.74, 6) is 0.640. The van der Waals surface area contributed by atoms with Crippen molar-refractivity contribution in [1.82, 2.24) is 5.32 Å². The van der Waals surface area contributed by atoms with E-state index >= 15 is 0 Å². The van der Waals surface area contributed by atoms with Crippen LogP contribution in [0.15, 0.2) is 18.2 Å². The van der Waals surface area contributed by atoms with Crippen molar-refractivity contribution in [2.24, 2.45) is 0 Å². The Morgan fingerprint density at radius 3 is 3.06 bits per heavy atom. The molecule has 0 spiro atoms. The number of ether oxygens (including phenoxy) is 1. The van der Waals surface area contributed by atoms with Gasteiger partial charge in [0, 0.05) is 6.92 Å². The number of rotatable bonds is 3. The van der Waals surface area contributed by atoms with Crippen molar-refractivity contribution in [2.75, 3.05) is 13.2 Å². The molecule has 1 aliphatic rings. The fourth-order valence-electron chi connectivity index (χ4n) is 2.08. The van der Waals surface area contributed by atoms with Crippen molar-refractivity contribution in [2.45, 2.75) is 25.5 Å². The molecule has 1 aromatic carbocycles. The van der Waals surface area contributed by atoms with Gasteiger partial charge in [0.1, 0.15) is 18.5 Å². The third kappa shape index (κ3) is 2.80. The van der Waals surface area contributed by atoms with Crippen LogP contribution in [0, 0.1) is 0 Å². The molecule has 1 amide bonds. The molecule has 5 nitrogen and oxygen atoms in total. The molecule has 0 fully saturated rings. The van der Waals surface area contributed by atoms with Crippen LogP contribution in [0.3, 0.4) is 0 Å². The Bertz CT molecular complexity index is 447. The Hall–Kier alpha value is -1.59. The number of hydrogen-bond acceptors (Lipinski definition) is 4. The lowest BCUT2D eigenvalue weighted by Gasteiger charge is -2.26. The van der Waals surface area contributed by atoms with Crippen molar-refractivity contribution < 1.29 is 19.7 Å². The van der Waals surface area contributed by atoms with E-state index in [2.05, 4.69) is 5.32 Å². The van der Waals surface area contributed by atoms with Crippen LogP contribution in [-0.2, 0) is 11.2 Å². The summed E-state index contributed by atoms with van der Waals surface area (Å²) < 4.78 is 5.56. The summed E-state index contributed by atoms with van der Waals surface area (Å²) >= 11 is 0. The molecular weight excluding hydrogens is 234 g/mol. The van der Waals surface area contributed by atoms with Gasteiger partial charge < -0.3 is 20.3 Å². The number of hydrogen-bond donors (Lipinski definition) is 3. The number of amides is 1. The number of fused-ring (bicyclic) bond motifs is 1. The number of carbonyl (C=O) groups excluding carboxylic acids is 1. The molecule has 18 heavy (non-hydrogen) atoms. The zero-order valence-corrected chi connectivity index (χ0v) is 10.2. The highest BCUT2D eigenvalue weighted by atomic mass is 16.5. The van der Waals surface area contributed by atoms with Gasteiger partial charge in [-0.2, -0.15) is 0 Å². The summed E-state index contributed by atoms with van der Waals surface area (Å²) in [5, 5.41) is 21.3. The van der Waals surface area contributed by atoms with E-state index in [-0.39, 0.29) is 18.6 Å². The van der Waals surface area contributed by atoms with Gasteiger partial charge in [0.2, 0.25) is 5.91 Å². The van der Waals surface area contributed by atoms with Gasteiger partial charge in [0.05, 0.1) is 12.6 Å². The molecule has 1 heterocycles. The molecule has 0 aromatic heterocycles. The van der Waals surface area contributed by atoms with Crippen LogP contribution >= 0.6 is 0 Å². The van der Waals surface area contributed by atoms with Gasteiger partial charge in [0.25, 0.3) is 0 Å². The zero-order chi connectivity index (χ0) is 13.1. The maximum atomic E-state index is 11.0. The first kappa shape index (κ1) is 12.9. The van der Waals surface area contributed by atoms with Gasteiger partial charge in [-0.3, -0.25) is 4.79 Å². The molecule has 1 aliphatic heterocycles. The molecule has 2 atom stereocenters. The number of benzene rings is 1. The minimum atomic E-state index is -0.882. The molecule has 2 unspecified atom stereocenters. The van der Waals surface area contributed by atoms with E-state index in [1.54, 1.807) is 12.1 Å². The van der Waals surface area contributed by atoms with Crippen LogP contribution in [0.25, 0.3) is 0 Å². The number of aliphatic hydroxyl groups is 2. The number of aliphatic hydroxyl groups excluding tert-OH is 2. The predicted molar refractivity (Wildman–Crippen MR) is 65.3 cm³/mol. The Morgan fingerprint density at radius 1 is 1.61 bits per heavy atom. The second kappa shape index (κ2) is 5.37. The topological polar surface area (TPSA) is 78.8 Å². The van der Waals surface area contributed by atoms with Gasteiger partial charge in [-0.25, -0.2) is 0 Å². The fourth-order valence-corrected chi connectivity index (χ4v) is 2.08. The quantitative estimate of drug-likeness (QED) is 0.714. The highest BCUT2D eigenvalue weighted by molar-refractivity contribution is 5.73. The third-order valence-electron chi connectivity index (χ3n) is 2.96. The Morgan fingerprint density at radius 2 is 2.39 bits per heavy atom. The molecule has 0 bridgehead atoms. The maximum Gasteiger partial charge on any atom is 0.217 e. The van der Waals surface area contributed by atoms with E-state index in [0.29, 0.717) is 24.3 Å². The Labute approximate surface area is 105 Å². The summed E-state index contributed by atoms with van der Waals surface area (Å²) in [5.41, 5.74) is 1.63. The van der Waals surface area contributed by atoms with Crippen LogP contribution in [0.5, 0.6) is 5.75 Å². The van der Waals surface area contributed by atoms with Gasteiger partial charge in [-0.05, 0) is 23.6 Å². The summed E-state index contributed by atoms with van der Waals surface area (Å²) in [4.78, 5) is 11.0. The van der Waals surface area contributed by atoms with Gasteiger partial charge in [-0.15, -0.1) is 0 Å². The first-order valence-corrected chi connectivity index (χ1v) is 5.92. The lowest BCUT2D eigenvalue weighted by atomic mass is 9.99. The molecule has 0 saturated carbocycles. The number of nitrogens with one attached hydrogen (secondary N) is 1. The lowest BCUT2D eigenvalue weighted by molar-refractivity contribution is -0.119. The first-order valence-electron chi connectivity index (χ1n) is 5.92. The Balaban J connectivity index is 2.13. The Kier molecular flexibility index (Phi) is 3.84. The van der Waals surface area contributed by atoms with Gasteiger partial charge in [0.15, 0.2) is 0 Å². The standard InChI is InChI=1S/C13H17NO4/c1-8(16)14-11-4-10-3-2-9(12(17)6-15)5-13(10)18-7-11/h2-3,5,11-12,15,17H,4,6-7H2,1H3,(H,14,16). The predicted octanol–water partition coefficient (Wildman–Crippen LogP) is 0.152. The van der Waals surface area contributed by atoms with Crippen molar-refractivity contribution in [3.63, 3.8) is 0 Å². The van der Waals surface area contributed by atoms with Crippen LogP contribution in [0.4, 0.5) is 0 Å². The monoisotopic (exact) mass is 251 g/mol. The summed E-state index contributed by atoms with van der Waals surface area (Å²) in [6.07, 6.45) is -0.170. The van der Waals surface area contributed by atoms with Crippen molar-refractivity contribution >= 4 is 5.91 Å². The van der Waals surface area contributed by atoms with E-state index in [9.17, 15) is 9.90 Å². The minimum absolute atomic E-state index is 0.0105. The zero-order valence-electron chi connectivity index (χ0n) is 10.2.